The summed E-state index contributed by atoms with van der Waals surface area (Å²) in [5, 5.41) is 17.9. The number of carbonyl (C=O) groups is 2. The van der Waals surface area contributed by atoms with Gasteiger partial charge in [0, 0.05) is 6.42 Å². The van der Waals surface area contributed by atoms with Gasteiger partial charge < -0.3 is 10.2 Å². The summed E-state index contributed by atoms with van der Waals surface area (Å²) in [7, 11) is 0. The molecule has 22 heavy (non-hydrogen) atoms. The quantitative estimate of drug-likeness (QED) is 0.463. The fraction of sp³-hybridized carbons (Fsp3) is 0.889. The van der Waals surface area contributed by atoms with E-state index in [0.717, 1.165) is 38.5 Å². The molecule has 0 rings (SSSR count). The minimum absolute atomic E-state index is 0.199. The van der Waals surface area contributed by atoms with E-state index in [2.05, 4.69) is 0 Å². The van der Waals surface area contributed by atoms with Crippen LogP contribution in [0.1, 0.15) is 91.9 Å². The van der Waals surface area contributed by atoms with Crippen LogP contribution in [0.2, 0.25) is 0 Å². The van der Waals surface area contributed by atoms with E-state index in [1.165, 1.54) is 19.3 Å². The highest BCUT2D eigenvalue weighted by Crippen LogP contribution is 2.42. The molecule has 4 nitrogen and oxygen atoms in total. The number of hydrogen-bond donors (Lipinski definition) is 2. The molecule has 0 atom stereocenters. The van der Waals surface area contributed by atoms with Gasteiger partial charge in [-0.15, -0.1) is 0 Å². The van der Waals surface area contributed by atoms with Gasteiger partial charge in [-0.2, -0.15) is 0 Å². The summed E-state index contributed by atoms with van der Waals surface area (Å²) in [6.45, 7) is 7.71. The smallest absolute Gasteiger partial charge is 0.309 e. The van der Waals surface area contributed by atoms with Crippen molar-refractivity contribution in [2.24, 2.45) is 10.8 Å². The topological polar surface area (TPSA) is 74.6 Å². The van der Waals surface area contributed by atoms with E-state index in [1.54, 1.807) is 0 Å². The van der Waals surface area contributed by atoms with E-state index in [-0.39, 0.29) is 11.8 Å². The summed E-state index contributed by atoms with van der Waals surface area (Å²) in [5.74, 6) is -1.43. The number of hydrogen-bond acceptors (Lipinski definition) is 2. The van der Waals surface area contributed by atoms with E-state index in [9.17, 15) is 14.7 Å². The molecule has 0 unspecified atom stereocenters. The van der Waals surface area contributed by atoms with Crippen LogP contribution < -0.4 is 0 Å². The molecule has 0 spiro atoms. The van der Waals surface area contributed by atoms with Crippen molar-refractivity contribution < 1.29 is 19.8 Å². The zero-order chi connectivity index (χ0) is 17.2. The summed E-state index contributed by atoms with van der Waals surface area (Å²) >= 11 is 0. The Morgan fingerprint density at radius 3 is 1.55 bits per heavy atom. The van der Waals surface area contributed by atoms with Gasteiger partial charge in [0.15, 0.2) is 0 Å². The van der Waals surface area contributed by atoms with Crippen molar-refractivity contribution in [1.29, 1.82) is 0 Å². The lowest BCUT2D eigenvalue weighted by molar-refractivity contribution is -0.154. The maximum Gasteiger partial charge on any atom is 0.309 e. The van der Waals surface area contributed by atoms with Gasteiger partial charge in [0.25, 0.3) is 0 Å². The number of aliphatic carboxylic acids is 2. The van der Waals surface area contributed by atoms with Crippen LogP contribution in [-0.2, 0) is 9.59 Å². The molecule has 0 saturated heterocycles. The number of carboxylic acids is 2. The van der Waals surface area contributed by atoms with Crippen molar-refractivity contribution in [3.8, 4) is 0 Å². The lowest BCUT2D eigenvalue weighted by Gasteiger charge is -2.38. The van der Waals surface area contributed by atoms with Gasteiger partial charge in [0.05, 0.1) is 5.41 Å². The first-order valence-electron chi connectivity index (χ1n) is 8.56. The Kier molecular flexibility index (Phi) is 9.38. The Hall–Kier alpha value is -1.06. The Morgan fingerprint density at radius 2 is 1.14 bits per heavy atom. The Morgan fingerprint density at radius 1 is 0.727 bits per heavy atom. The lowest BCUT2D eigenvalue weighted by atomic mass is 9.65. The molecule has 0 aliphatic rings. The lowest BCUT2D eigenvalue weighted by Crippen LogP contribution is -2.39. The van der Waals surface area contributed by atoms with Crippen LogP contribution in [0.3, 0.4) is 0 Å². The van der Waals surface area contributed by atoms with E-state index >= 15 is 0 Å². The molecule has 4 heteroatoms. The van der Waals surface area contributed by atoms with Crippen LogP contribution in [0.25, 0.3) is 0 Å². The van der Waals surface area contributed by atoms with Gasteiger partial charge in [-0.05, 0) is 32.1 Å². The second-order valence-corrected chi connectivity index (χ2v) is 7.54. The first-order valence-corrected chi connectivity index (χ1v) is 8.56. The monoisotopic (exact) mass is 314 g/mol. The minimum Gasteiger partial charge on any atom is -0.481 e. The molecule has 130 valence electrons. The van der Waals surface area contributed by atoms with E-state index < -0.39 is 17.4 Å². The second kappa shape index (κ2) is 9.86. The van der Waals surface area contributed by atoms with Crippen LogP contribution in [0.15, 0.2) is 0 Å². The molecule has 0 fully saturated rings. The maximum absolute atomic E-state index is 11.3. The zero-order valence-electron chi connectivity index (χ0n) is 14.8. The van der Waals surface area contributed by atoms with Crippen LogP contribution >= 0.6 is 0 Å². The minimum atomic E-state index is -0.723. The third kappa shape index (κ3) is 7.81. The Balaban J connectivity index is 3.65. The van der Waals surface area contributed by atoms with E-state index in [1.807, 2.05) is 27.7 Å². The van der Waals surface area contributed by atoms with Gasteiger partial charge in [-0.1, -0.05) is 58.8 Å². The van der Waals surface area contributed by atoms with Gasteiger partial charge in [0.1, 0.15) is 0 Å². The number of rotatable bonds is 13. The molecule has 0 radical (unpaired) electrons. The van der Waals surface area contributed by atoms with Gasteiger partial charge in [-0.3, -0.25) is 9.59 Å². The van der Waals surface area contributed by atoms with Crippen molar-refractivity contribution in [3.05, 3.63) is 0 Å². The first kappa shape index (κ1) is 20.9. The highest BCUT2D eigenvalue weighted by Gasteiger charge is 2.42. The summed E-state index contributed by atoms with van der Waals surface area (Å²) in [6.07, 6.45) is 9.89. The van der Waals surface area contributed by atoms with Gasteiger partial charge in [-0.25, -0.2) is 0 Å². The molecule has 0 heterocycles. The van der Waals surface area contributed by atoms with Crippen molar-refractivity contribution in [3.63, 3.8) is 0 Å². The molecule has 0 aromatic carbocycles. The highest BCUT2D eigenvalue weighted by atomic mass is 16.4. The Bertz CT molecular complexity index is 345. The van der Waals surface area contributed by atoms with E-state index in [0.29, 0.717) is 0 Å². The van der Waals surface area contributed by atoms with Crippen LogP contribution in [0, 0.1) is 10.8 Å². The SMILES string of the molecule is CC(C)(CCCCCCCCCCC(=O)O)C(C)(C)C(=O)O. The molecule has 0 amide bonds. The third-order valence-corrected chi connectivity index (χ3v) is 5.17. The number of carboxylic acid groups (broad SMARTS) is 2. The zero-order valence-corrected chi connectivity index (χ0v) is 14.8. The highest BCUT2D eigenvalue weighted by molar-refractivity contribution is 5.74. The van der Waals surface area contributed by atoms with Crippen molar-refractivity contribution in [2.75, 3.05) is 0 Å². The average Bonchev–Trinajstić information content (AvgIpc) is 2.40. The molecule has 0 saturated carbocycles. The van der Waals surface area contributed by atoms with Crippen LogP contribution in [0.5, 0.6) is 0 Å². The molecule has 0 aliphatic carbocycles. The van der Waals surface area contributed by atoms with Gasteiger partial charge in [0.2, 0.25) is 0 Å². The molecule has 2 N–H and O–H groups in total. The van der Waals surface area contributed by atoms with E-state index in [4.69, 9.17) is 5.11 Å². The average molecular weight is 314 g/mol. The number of unbranched alkanes of at least 4 members (excludes halogenated alkanes) is 7. The first-order chi connectivity index (χ1) is 10.1. The summed E-state index contributed by atoms with van der Waals surface area (Å²) in [6, 6.07) is 0. The third-order valence-electron chi connectivity index (χ3n) is 5.17. The molecule has 0 bridgehead atoms. The van der Waals surface area contributed by atoms with Crippen molar-refractivity contribution in [1.82, 2.24) is 0 Å². The molecule has 0 aromatic rings. The molecule has 0 aliphatic heterocycles. The van der Waals surface area contributed by atoms with Crippen molar-refractivity contribution in [2.45, 2.75) is 91.9 Å². The predicted octanol–water partition coefficient (Wildman–Crippen LogP) is 5.11. The largest absolute Gasteiger partial charge is 0.481 e. The molecular weight excluding hydrogens is 280 g/mol. The maximum atomic E-state index is 11.3. The van der Waals surface area contributed by atoms with Gasteiger partial charge >= 0.3 is 11.9 Å². The molecule has 0 aromatic heterocycles. The van der Waals surface area contributed by atoms with Crippen LogP contribution in [0.4, 0.5) is 0 Å². The molecular formula is C18H34O4. The Labute approximate surface area is 135 Å². The second-order valence-electron chi connectivity index (χ2n) is 7.54. The summed E-state index contributed by atoms with van der Waals surface area (Å²) < 4.78 is 0. The fourth-order valence-corrected chi connectivity index (χ4v) is 2.51. The fourth-order valence-electron chi connectivity index (χ4n) is 2.51. The van der Waals surface area contributed by atoms with Crippen molar-refractivity contribution >= 4 is 11.9 Å². The predicted molar refractivity (Wildman–Crippen MR) is 89.0 cm³/mol. The summed E-state index contributed by atoms with van der Waals surface area (Å²) in [5.41, 5.74) is -0.896. The summed E-state index contributed by atoms with van der Waals surface area (Å²) in [4.78, 5) is 21.7. The van der Waals surface area contributed by atoms with Crippen LogP contribution in [-0.4, -0.2) is 22.2 Å². The standard InChI is InChI=1S/C18H34O4/c1-17(2,18(3,4)16(21)22)14-12-10-8-6-5-7-9-11-13-15(19)20/h5-14H2,1-4H3,(H,19,20)(H,21,22). The normalized spacial score (nSPS) is 12.4.